The highest BCUT2D eigenvalue weighted by Gasteiger charge is 2.46. The van der Waals surface area contributed by atoms with E-state index in [2.05, 4.69) is 0 Å². The Morgan fingerprint density at radius 1 is 0.312 bits per heavy atom. The van der Waals surface area contributed by atoms with Gasteiger partial charge in [0.1, 0.15) is 73.2 Å². The van der Waals surface area contributed by atoms with Crippen LogP contribution in [0.4, 0.5) is 0 Å². The number of ether oxygens (including phenoxy) is 8. The fraction of sp³-hybridized carbons (Fsp3) is 1.00. The van der Waals surface area contributed by atoms with Crippen molar-refractivity contribution >= 4 is 30.4 Å². The van der Waals surface area contributed by atoms with Crippen LogP contribution < -0.4 is 0 Å². The molecule has 4 fully saturated rings. The monoisotopic (exact) mass is 1240 g/mol. The first-order valence-electron chi connectivity index (χ1n) is 28.1. The van der Waals surface area contributed by atoms with Crippen LogP contribution in [0.15, 0.2) is 0 Å². The molecule has 0 saturated carbocycles. The molecular formula is C52H108O24P4. The molecule has 0 spiro atoms. The first-order chi connectivity index (χ1) is 36.5. The van der Waals surface area contributed by atoms with Crippen molar-refractivity contribution in [3.63, 3.8) is 0 Å². The van der Waals surface area contributed by atoms with Crippen LogP contribution in [-0.2, 0) is 92.3 Å². The van der Waals surface area contributed by atoms with E-state index in [9.17, 15) is 38.7 Å². The second-order valence-electron chi connectivity index (χ2n) is 23.0. The molecule has 28 heteroatoms. The minimum atomic E-state index is -3.25. The average Bonchev–Trinajstić information content (AvgIpc) is 3.26. The Hall–Kier alpha value is 0.120. The van der Waals surface area contributed by atoms with Gasteiger partial charge in [0, 0.05) is 26.7 Å². The number of aliphatic hydroxyl groups is 4. The van der Waals surface area contributed by atoms with E-state index >= 15 is 0 Å². The van der Waals surface area contributed by atoms with Crippen LogP contribution in [0.5, 0.6) is 0 Å². The predicted molar refractivity (Wildman–Crippen MR) is 304 cm³/mol. The van der Waals surface area contributed by atoms with Crippen molar-refractivity contribution in [2.75, 3.05) is 53.1 Å². The normalized spacial score (nSPS) is 34.5. The van der Waals surface area contributed by atoms with E-state index in [0.717, 1.165) is 0 Å². The minimum absolute atomic E-state index is 0.0346. The van der Waals surface area contributed by atoms with Crippen molar-refractivity contribution in [2.24, 2.45) is 0 Å². The Morgan fingerprint density at radius 3 is 0.588 bits per heavy atom. The highest BCUT2D eigenvalue weighted by atomic mass is 31.2. The van der Waals surface area contributed by atoms with E-state index in [1.54, 1.807) is 83.1 Å². The van der Waals surface area contributed by atoms with E-state index in [1.807, 2.05) is 55.4 Å². The van der Waals surface area contributed by atoms with Crippen molar-refractivity contribution < 1.29 is 113 Å². The summed E-state index contributed by atoms with van der Waals surface area (Å²) in [4.78, 5) is 0. The molecule has 0 aromatic rings. The van der Waals surface area contributed by atoms with Crippen molar-refractivity contribution in [1.29, 1.82) is 0 Å². The van der Waals surface area contributed by atoms with E-state index in [0.29, 0.717) is 26.4 Å². The minimum Gasteiger partial charge on any atom is -0.387 e. The Bertz CT molecular complexity index is 1650. The third-order valence-electron chi connectivity index (χ3n) is 11.5. The smallest absolute Gasteiger partial charge is 0.328 e. The Balaban J connectivity index is 0.000000533. The van der Waals surface area contributed by atoms with E-state index in [-0.39, 0.29) is 73.2 Å². The lowest BCUT2D eigenvalue weighted by atomic mass is 10.0. The van der Waals surface area contributed by atoms with Crippen molar-refractivity contribution in [2.45, 2.75) is 285 Å². The summed E-state index contributed by atoms with van der Waals surface area (Å²) in [5, 5.41) is 41.4. The molecule has 480 valence electrons. The van der Waals surface area contributed by atoms with Crippen LogP contribution in [0.1, 0.15) is 138 Å². The molecule has 4 aliphatic rings. The number of hydrogen-bond acceptors (Lipinski definition) is 24. The molecule has 0 aliphatic carbocycles. The zero-order valence-electron chi connectivity index (χ0n) is 52.4. The number of rotatable bonds is 24. The average molecular weight is 1240 g/mol. The van der Waals surface area contributed by atoms with E-state index < -0.39 is 104 Å². The van der Waals surface area contributed by atoms with Gasteiger partial charge in [0.05, 0.1) is 99.7 Å². The molecule has 0 radical (unpaired) electrons. The van der Waals surface area contributed by atoms with E-state index in [1.165, 1.54) is 26.7 Å². The standard InChI is InChI=1S/4C13H27O6P/c4*1-8(2)17-11-7-16-10(5)13(12(11)14)19-20(6,15)18-9(3)4/h4*8-14H,7H2,1-6H3. The molecule has 0 aromatic heterocycles. The first kappa shape index (κ1) is 78.1. The Labute approximate surface area is 479 Å². The highest BCUT2D eigenvalue weighted by molar-refractivity contribution is 7.53. The summed E-state index contributed by atoms with van der Waals surface area (Å²) in [6.45, 7) is 43.2. The third kappa shape index (κ3) is 30.2. The lowest BCUT2D eigenvalue weighted by molar-refractivity contribution is -0.200. The summed E-state index contributed by atoms with van der Waals surface area (Å²) < 4.78 is 137. The van der Waals surface area contributed by atoms with Gasteiger partial charge in [-0.3, -0.25) is 36.4 Å². The summed E-state index contributed by atoms with van der Waals surface area (Å²) in [5.41, 5.74) is 0. The fourth-order valence-electron chi connectivity index (χ4n) is 8.70. The van der Waals surface area contributed by atoms with Crippen molar-refractivity contribution in [1.82, 2.24) is 0 Å². The van der Waals surface area contributed by atoms with Gasteiger partial charge in [-0.2, -0.15) is 0 Å². The fourth-order valence-corrected chi connectivity index (χ4v) is 14.9. The zero-order chi connectivity index (χ0) is 62.0. The molecule has 4 saturated heterocycles. The zero-order valence-corrected chi connectivity index (χ0v) is 56.0. The van der Waals surface area contributed by atoms with Crippen LogP contribution in [0.25, 0.3) is 0 Å². The summed E-state index contributed by atoms with van der Waals surface area (Å²) >= 11 is 0. The Morgan fingerprint density at radius 2 is 0.463 bits per heavy atom. The van der Waals surface area contributed by atoms with Gasteiger partial charge in [-0.25, -0.2) is 0 Å². The predicted octanol–water partition coefficient (Wildman–Crippen LogP) is 8.77. The van der Waals surface area contributed by atoms with Gasteiger partial charge in [0.25, 0.3) is 0 Å². The van der Waals surface area contributed by atoms with Gasteiger partial charge in [0.15, 0.2) is 0 Å². The maximum atomic E-state index is 12.3. The van der Waals surface area contributed by atoms with Gasteiger partial charge in [-0.05, 0) is 138 Å². The molecule has 80 heavy (non-hydrogen) atoms. The molecular weight excluding hydrogens is 1130 g/mol. The SMILES string of the molecule is CC(C)OC1COC(C)C(OP(C)(=O)OC(C)C)C1O.CC(C)OC1COC(C)C(OP(C)(=O)OC(C)C)C1O.CC(C)OC1COC(C)C(OP(C)(=O)OC(C)C)C1O.CC(C)OC1COC(C)C(OP(C)(=O)OC(C)C)C1O. The summed E-state index contributed by atoms with van der Waals surface area (Å²) in [7, 11) is -13.0. The molecule has 0 aromatic carbocycles. The highest BCUT2D eigenvalue weighted by Crippen LogP contribution is 2.51. The molecule has 24 nitrogen and oxygen atoms in total. The third-order valence-corrected chi connectivity index (χ3v) is 17.2. The molecule has 4 N–H and O–H groups in total. The molecule has 20 atom stereocenters. The molecule has 0 amide bonds. The molecule has 20 unspecified atom stereocenters. The number of hydrogen-bond donors (Lipinski definition) is 4. The van der Waals surface area contributed by atoms with Gasteiger partial charge >= 0.3 is 30.4 Å². The molecule has 4 heterocycles. The second kappa shape index (κ2) is 35.8. The summed E-state index contributed by atoms with van der Waals surface area (Å²) in [5.74, 6) is 0. The molecule has 4 rings (SSSR count). The van der Waals surface area contributed by atoms with Gasteiger partial charge < -0.3 is 76.4 Å². The van der Waals surface area contributed by atoms with Crippen LogP contribution >= 0.6 is 30.4 Å². The lowest BCUT2D eigenvalue weighted by Gasteiger charge is -2.40. The summed E-state index contributed by atoms with van der Waals surface area (Å²) in [6, 6.07) is 0. The van der Waals surface area contributed by atoms with Crippen LogP contribution in [-0.4, -0.2) is 220 Å². The van der Waals surface area contributed by atoms with Crippen molar-refractivity contribution in [3.05, 3.63) is 0 Å². The van der Waals surface area contributed by atoms with E-state index in [4.69, 9.17) is 74.1 Å². The van der Waals surface area contributed by atoms with Crippen LogP contribution in [0.3, 0.4) is 0 Å². The molecule has 0 bridgehead atoms. The largest absolute Gasteiger partial charge is 0.387 e. The van der Waals surface area contributed by atoms with Gasteiger partial charge in [-0.1, -0.05) is 0 Å². The topological polar surface area (TPSA) is 297 Å². The Kier molecular flexibility index (Phi) is 35.0. The first-order valence-corrected chi connectivity index (χ1v) is 36.0. The maximum Gasteiger partial charge on any atom is 0.328 e. The lowest BCUT2D eigenvalue weighted by Crippen LogP contribution is -2.54. The maximum absolute atomic E-state index is 12.3. The van der Waals surface area contributed by atoms with Crippen LogP contribution in [0.2, 0.25) is 0 Å². The second-order valence-corrected chi connectivity index (χ2v) is 30.8. The summed E-state index contributed by atoms with van der Waals surface area (Å²) in [6.07, 6.45) is -11.0. The van der Waals surface area contributed by atoms with Gasteiger partial charge in [-0.15, -0.1) is 0 Å². The van der Waals surface area contributed by atoms with Crippen LogP contribution in [0, 0.1) is 0 Å². The molecule has 4 aliphatic heterocycles. The van der Waals surface area contributed by atoms with Crippen molar-refractivity contribution in [3.8, 4) is 0 Å². The van der Waals surface area contributed by atoms with Gasteiger partial charge in [0.2, 0.25) is 0 Å². The number of aliphatic hydroxyl groups excluding tert-OH is 4. The quantitative estimate of drug-likeness (QED) is 0.0656.